The lowest BCUT2D eigenvalue weighted by Gasteiger charge is -2.19. The fraction of sp³-hybridized carbons (Fsp3) is 0.261. The maximum absolute atomic E-state index is 14.6. The molecule has 0 saturated carbocycles. The molecular formula is C23H23FN4O4S. The molecule has 3 N–H and O–H groups in total. The molecule has 0 atom stereocenters. The van der Waals surface area contributed by atoms with Crippen molar-refractivity contribution in [1.82, 2.24) is 4.98 Å². The highest BCUT2D eigenvalue weighted by molar-refractivity contribution is 7.14. The molecule has 172 valence electrons. The van der Waals surface area contributed by atoms with Crippen molar-refractivity contribution in [1.29, 1.82) is 0 Å². The minimum atomic E-state index is -0.794. The molecule has 0 spiro atoms. The van der Waals surface area contributed by atoms with Crippen LogP contribution >= 0.6 is 11.3 Å². The second-order valence-corrected chi connectivity index (χ2v) is 8.24. The van der Waals surface area contributed by atoms with Crippen LogP contribution in [-0.2, 0) is 4.79 Å². The van der Waals surface area contributed by atoms with Crippen molar-refractivity contribution in [2.45, 2.75) is 26.2 Å². The average molecular weight is 471 g/mol. The highest BCUT2D eigenvalue weighted by Gasteiger charge is 2.22. The first-order valence-electron chi connectivity index (χ1n) is 10.5. The van der Waals surface area contributed by atoms with Crippen molar-refractivity contribution in [3.8, 4) is 22.8 Å². The molecule has 0 saturated heterocycles. The summed E-state index contributed by atoms with van der Waals surface area (Å²) in [4.78, 5) is 29.4. The van der Waals surface area contributed by atoms with Crippen LogP contribution in [0.5, 0.6) is 11.5 Å². The molecule has 1 aromatic heterocycles. The molecular weight excluding hydrogens is 447 g/mol. The number of nitrogens with two attached hydrogens (primary N) is 1. The maximum atomic E-state index is 14.6. The Morgan fingerprint density at radius 1 is 1.30 bits per heavy atom. The van der Waals surface area contributed by atoms with Gasteiger partial charge < -0.3 is 20.5 Å². The van der Waals surface area contributed by atoms with Gasteiger partial charge in [-0.1, -0.05) is 19.8 Å². The number of carbonyl (C=O) groups is 2. The van der Waals surface area contributed by atoms with Crippen molar-refractivity contribution < 1.29 is 23.5 Å². The number of thiazole rings is 1. The minimum absolute atomic E-state index is 0.0279. The monoisotopic (exact) mass is 470 g/mol. The van der Waals surface area contributed by atoms with Gasteiger partial charge in [-0.25, -0.2) is 19.1 Å². The zero-order valence-corrected chi connectivity index (χ0v) is 18.8. The third-order valence-electron chi connectivity index (χ3n) is 4.99. The van der Waals surface area contributed by atoms with E-state index in [0.717, 1.165) is 24.2 Å². The Morgan fingerprint density at radius 2 is 2.15 bits per heavy atom. The minimum Gasteiger partial charge on any atom is -0.491 e. The lowest BCUT2D eigenvalue weighted by Crippen LogP contribution is -2.31. The van der Waals surface area contributed by atoms with Gasteiger partial charge in [0.05, 0.1) is 23.7 Å². The number of hydrogen-bond acceptors (Lipinski definition) is 6. The second-order valence-electron chi connectivity index (χ2n) is 7.41. The van der Waals surface area contributed by atoms with Crippen LogP contribution in [-0.4, -0.2) is 30.1 Å². The summed E-state index contributed by atoms with van der Waals surface area (Å²) in [7, 11) is 0. The highest BCUT2D eigenvalue weighted by atomic mass is 32.1. The smallest absolute Gasteiger partial charge is 0.325 e. The summed E-state index contributed by atoms with van der Waals surface area (Å²) in [6.45, 7) is 2.47. The van der Waals surface area contributed by atoms with E-state index in [1.807, 2.05) is 0 Å². The van der Waals surface area contributed by atoms with E-state index in [2.05, 4.69) is 17.2 Å². The molecule has 0 aliphatic carbocycles. The van der Waals surface area contributed by atoms with E-state index in [1.165, 1.54) is 23.5 Å². The molecule has 2 aromatic carbocycles. The molecule has 0 unspecified atom stereocenters. The topological polar surface area (TPSA) is 107 Å². The predicted octanol–water partition coefficient (Wildman–Crippen LogP) is 5.07. The third-order valence-corrected chi connectivity index (χ3v) is 5.82. The van der Waals surface area contributed by atoms with Crippen molar-refractivity contribution in [3.63, 3.8) is 0 Å². The van der Waals surface area contributed by atoms with Crippen LogP contribution in [0.2, 0.25) is 0 Å². The molecule has 2 heterocycles. The lowest BCUT2D eigenvalue weighted by molar-refractivity contribution is -0.118. The van der Waals surface area contributed by atoms with Gasteiger partial charge in [-0.2, -0.15) is 0 Å². The summed E-state index contributed by atoms with van der Waals surface area (Å²) in [5.41, 5.74) is 7.67. The van der Waals surface area contributed by atoms with E-state index in [-0.39, 0.29) is 29.1 Å². The van der Waals surface area contributed by atoms with Crippen LogP contribution in [0.25, 0.3) is 11.3 Å². The molecule has 8 nitrogen and oxygen atoms in total. The first kappa shape index (κ1) is 22.5. The largest absolute Gasteiger partial charge is 0.491 e. The Bertz CT molecular complexity index is 1180. The number of amides is 3. The van der Waals surface area contributed by atoms with Gasteiger partial charge in [0.1, 0.15) is 5.75 Å². The normalized spacial score (nSPS) is 12.5. The number of aromatic nitrogens is 1. The number of urea groups is 1. The first-order valence-corrected chi connectivity index (χ1v) is 11.4. The van der Waals surface area contributed by atoms with E-state index < -0.39 is 11.8 Å². The molecule has 0 radical (unpaired) electrons. The number of fused-ring (bicyclic) bond motifs is 1. The first-order chi connectivity index (χ1) is 16.0. The van der Waals surface area contributed by atoms with Gasteiger partial charge in [-0.05, 0) is 36.8 Å². The standard InChI is InChI=1S/C23H23FN4O4S/c1-2-3-4-9-31-19-8-6-15(11-16(19)24)28(22(25)30)23-27-18(13-33-23)14-5-7-20-17(10-14)26-21(29)12-32-20/h5-8,10-11,13H,2-4,9,12H2,1H3,(H2,25,30)(H,26,29). The molecule has 0 bridgehead atoms. The summed E-state index contributed by atoms with van der Waals surface area (Å²) >= 11 is 1.18. The van der Waals surface area contributed by atoms with Crippen molar-refractivity contribution in [2.24, 2.45) is 5.73 Å². The number of rotatable bonds is 8. The Hall–Kier alpha value is -3.66. The molecule has 0 fully saturated rings. The maximum Gasteiger partial charge on any atom is 0.325 e. The Labute approximate surface area is 194 Å². The van der Waals surface area contributed by atoms with Gasteiger partial charge in [0.25, 0.3) is 5.91 Å². The van der Waals surface area contributed by atoms with Crippen LogP contribution in [0.3, 0.4) is 0 Å². The van der Waals surface area contributed by atoms with Gasteiger partial charge in [0.15, 0.2) is 23.3 Å². The zero-order chi connectivity index (χ0) is 23.4. The van der Waals surface area contributed by atoms with Crippen LogP contribution < -0.4 is 25.4 Å². The Kier molecular flexibility index (Phi) is 6.74. The number of nitrogens with zero attached hydrogens (tertiary/aromatic N) is 2. The molecule has 4 rings (SSSR count). The van der Waals surface area contributed by atoms with E-state index in [1.54, 1.807) is 29.6 Å². The highest BCUT2D eigenvalue weighted by Crippen LogP contribution is 2.36. The summed E-state index contributed by atoms with van der Waals surface area (Å²) in [5.74, 6) is -0.131. The van der Waals surface area contributed by atoms with E-state index in [4.69, 9.17) is 15.2 Å². The van der Waals surface area contributed by atoms with Crippen LogP contribution in [0, 0.1) is 5.82 Å². The van der Waals surface area contributed by atoms with Crippen LogP contribution in [0.15, 0.2) is 41.8 Å². The fourth-order valence-electron chi connectivity index (χ4n) is 3.35. The number of nitrogens with one attached hydrogen (secondary N) is 1. The molecule has 3 amide bonds. The molecule has 33 heavy (non-hydrogen) atoms. The molecule has 10 heteroatoms. The van der Waals surface area contributed by atoms with E-state index in [9.17, 15) is 14.0 Å². The number of unbranched alkanes of at least 4 members (excludes halogenated alkanes) is 2. The zero-order valence-electron chi connectivity index (χ0n) is 18.0. The summed E-state index contributed by atoms with van der Waals surface area (Å²) in [6, 6.07) is 8.73. The lowest BCUT2D eigenvalue weighted by atomic mass is 10.1. The van der Waals surface area contributed by atoms with Gasteiger partial charge in [-0.15, -0.1) is 11.3 Å². The van der Waals surface area contributed by atoms with Gasteiger partial charge >= 0.3 is 6.03 Å². The van der Waals surface area contributed by atoms with Crippen LogP contribution in [0.1, 0.15) is 26.2 Å². The number of benzene rings is 2. The van der Waals surface area contributed by atoms with Crippen molar-refractivity contribution >= 4 is 39.8 Å². The van der Waals surface area contributed by atoms with E-state index >= 15 is 0 Å². The molecule has 1 aliphatic heterocycles. The van der Waals surface area contributed by atoms with Gasteiger partial charge in [0.2, 0.25) is 0 Å². The van der Waals surface area contributed by atoms with Crippen LogP contribution in [0.4, 0.5) is 25.7 Å². The second kappa shape index (κ2) is 9.86. The number of halogens is 1. The summed E-state index contributed by atoms with van der Waals surface area (Å²) in [5, 5.41) is 4.78. The van der Waals surface area contributed by atoms with Crippen molar-refractivity contribution in [3.05, 3.63) is 47.6 Å². The Balaban J connectivity index is 1.56. The number of ether oxygens (including phenoxy) is 2. The summed E-state index contributed by atoms with van der Waals surface area (Å²) in [6.07, 6.45) is 2.89. The fourth-order valence-corrected chi connectivity index (χ4v) is 4.21. The molecule has 1 aliphatic rings. The van der Waals surface area contributed by atoms with Crippen molar-refractivity contribution in [2.75, 3.05) is 23.4 Å². The number of carbonyl (C=O) groups excluding carboxylic acids is 2. The average Bonchev–Trinajstić information content (AvgIpc) is 3.27. The quantitative estimate of drug-likeness (QED) is 0.447. The Morgan fingerprint density at radius 3 is 2.91 bits per heavy atom. The summed E-state index contributed by atoms with van der Waals surface area (Å²) < 4.78 is 25.5. The SMILES string of the molecule is CCCCCOc1ccc(N(C(N)=O)c2nc(-c3ccc4c(c3)NC(=O)CO4)cs2)cc1F. The van der Waals surface area contributed by atoms with E-state index in [0.29, 0.717) is 29.3 Å². The number of anilines is 3. The number of hydrogen-bond donors (Lipinski definition) is 2. The third kappa shape index (κ3) is 5.06. The van der Waals surface area contributed by atoms with Gasteiger partial charge in [0, 0.05) is 17.0 Å². The van der Waals surface area contributed by atoms with Gasteiger partial charge in [-0.3, -0.25) is 4.79 Å². The number of primary amides is 1. The molecule has 3 aromatic rings. The predicted molar refractivity (Wildman–Crippen MR) is 125 cm³/mol.